The molecule has 1 aromatic carbocycles. The Hall–Kier alpha value is 0.0766. The van der Waals surface area contributed by atoms with Gasteiger partial charge in [-0.1, -0.05) is 0 Å². The fourth-order valence-corrected chi connectivity index (χ4v) is 19.7. The standard InChI is InChI=1S/C22H45GeN3Si2/c1-11-24(12-2)18-20-16-15-17-21(19-25(13-3)14-4)22(20)23-26(27(5,6)7)28(8,9)10/h15-17H,11-14,18-19H2,1-10H3. The first-order chi connectivity index (χ1) is 13.0. The Labute approximate surface area is 184 Å². The van der Waals surface area contributed by atoms with Gasteiger partial charge >= 0.3 is 185 Å². The molecule has 0 saturated carbocycles. The molecule has 3 nitrogen and oxygen atoms in total. The molecule has 2 radical (unpaired) electrons. The van der Waals surface area contributed by atoms with Crippen molar-refractivity contribution in [3.05, 3.63) is 29.3 Å². The van der Waals surface area contributed by atoms with E-state index in [1.807, 2.05) is 0 Å². The minimum atomic E-state index is -1.34. The van der Waals surface area contributed by atoms with Crippen LogP contribution in [0.15, 0.2) is 18.2 Å². The molecule has 0 fully saturated rings. The second-order valence-electron chi connectivity index (χ2n) is 9.66. The van der Waals surface area contributed by atoms with Crippen molar-refractivity contribution in [3.8, 4) is 0 Å². The van der Waals surface area contributed by atoms with Crippen molar-refractivity contribution in [2.24, 2.45) is 0 Å². The van der Waals surface area contributed by atoms with Gasteiger partial charge < -0.3 is 0 Å². The monoisotopic (exact) mass is 481 g/mol. The normalized spacial score (nSPS) is 13.2. The Balaban J connectivity index is 3.42. The first kappa shape index (κ1) is 26.1. The van der Waals surface area contributed by atoms with Crippen LogP contribution in [0.2, 0.25) is 39.3 Å². The van der Waals surface area contributed by atoms with Crippen LogP contribution in [-0.4, -0.2) is 71.3 Å². The van der Waals surface area contributed by atoms with E-state index >= 15 is 0 Å². The van der Waals surface area contributed by atoms with Crippen LogP contribution in [0.4, 0.5) is 0 Å². The third kappa shape index (κ3) is 7.72. The summed E-state index contributed by atoms with van der Waals surface area (Å²) < 4.78 is 4.79. The molecule has 6 heteroatoms. The molecule has 1 aromatic rings. The molecule has 0 aliphatic heterocycles. The molecule has 0 aromatic heterocycles. The number of nitrogens with zero attached hydrogens (tertiary/aromatic N) is 3. The predicted molar refractivity (Wildman–Crippen MR) is 134 cm³/mol. The summed E-state index contributed by atoms with van der Waals surface area (Å²) in [6.45, 7) is 31.1. The molecule has 1 rings (SSSR count). The first-order valence-electron chi connectivity index (χ1n) is 11.1. The van der Waals surface area contributed by atoms with Crippen LogP contribution < -0.4 is 4.40 Å². The number of hydrogen-bond donors (Lipinski definition) is 0. The zero-order valence-electron chi connectivity index (χ0n) is 20.3. The van der Waals surface area contributed by atoms with Crippen molar-refractivity contribution < 1.29 is 0 Å². The van der Waals surface area contributed by atoms with E-state index in [4.69, 9.17) is 0 Å². The summed E-state index contributed by atoms with van der Waals surface area (Å²) in [5.41, 5.74) is 3.18. The minimum absolute atomic E-state index is 0.317. The van der Waals surface area contributed by atoms with E-state index in [1.54, 1.807) is 15.5 Å². The Kier molecular flexibility index (Phi) is 10.7. The van der Waals surface area contributed by atoms with Crippen LogP contribution in [0.3, 0.4) is 0 Å². The molecule has 28 heavy (non-hydrogen) atoms. The summed E-state index contributed by atoms with van der Waals surface area (Å²) in [5.74, 6) is 0. The Morgan fingerprint density at radius 1 is 0.679 bits per heavy atom. The van der Waals surface area contributed by atoms with Crippen molar-refractivity contribution in [1.29, 1.82) is 0 Å². The molecule has 160 valence electrons. The molecule has 0 N–H and O–H groups in total. The van der Waals surface area contributed by atoms with E-state index < -0.39 is 16.5 Å². The Morgan fingerprint density at radius 3 is 1.32 bits per heavy atom. The summed E-state index contributed by atoms with van der Waals surface area (Å²) in [4.78, 5) is 5.14. The molecule has 0 aliphatic carbocycles. The maximum absolute atomic E-state index is 3.06. The van der Waals surface area contributed by atoms with Crippen LogP contribution >= 0.6 is 0 Å². The van der Waals surface area contributed by atoms with Crippen molar-refractivity contribution in [2.45, 2.75) is 80.1 Å². The van der Waals surface area contributed by atoms with Gasteiger partial charge in [0, 0.05) is 0 Å². The summed E-state index contributed by atoms with van der Waals surface area (Å²) in [6.07, 6.45) is 0. The fourth-order valence-electron chi connectivity index (χ4n) is 3.89. The van der Waals surface area contributed by atoms with Crippen LogP contribution in [0.1, 0.15) is 38.8 Å². The van der Waals surface area contributed by atoms with Gasteiger partial charge in [-0.05, 0) is 0 Å². The van der Waals surface area contributed by atoms with E-state index in [2.05, 4.69) is 98.2 Å². The Bertz CT molecular complexity index is 542. The van der Waals surface area contributed by atoms with Crippen molar-refractivity contribution in [2.75, 3.05) is 26.2 Å². The molecular formula is C22H45GeN3Si2. The number of rotatable bonds is 12. The van der Waals surface area contributed by atoms with Gasteiger partial charge in [0.1, 0.15) is 0 Å². The molecule has 0 atom stereocenters. The van der Waals surface area contributed by atoms with Gasteiger partial charge in [0.25, 0.3) is 0 Å². The van der Waals surface area contributed by atoms with Crippen LogP contribution in [0.5, 0.6) is 0 Å². The van der Waals surface area contributed by atoms with Gasteiger partial charge in [-0.2, -0.15) is 0 Å². The van der Waals surface area contributed by atoms with Crippen molar-refractivity contribution >= 4 is 36.5 Å². The van der Waals surface area contributed by atoms with Gasteiger partial charge in [-0.25, -0.2) is 0 Å². The number of hydrogen-bond acceptors (Lipinski definition) is 3. The summed E-state index contributed by atoms with van der Waals surface area (Å²) in [6, 6.07) is 7.13. The van der Waals surface area contributed by atoms with Gasteiger partial charge in [0.15, 0.2) is 0 Å². The van der Waals surface area contributed by atoms with Crippen molar-refractivity contribution in [1.82, 2.24) is 13.0 Å². The molecule has 0 spiro atoms. The molecule has 0 unspecified atom stereocenters. The molecular weight excluding hydrogens is 435 g/mol. The third-order valence-corrected chi connectivity index (χ3v) is 24.0. The van der Waals surface area contributed by atoms with Gasteiger partial charge in [0.05, 0.1) is 0 Å². The number of benzene rings is 1. The first-order valence-corrected chi connectivity index (χ1v) is 20.0. The zero-order chi connectivity index (χ0) is 21.5. The quantitative estimate of drug-likeness (QED) is 0.406. The van der Waals surface area contributed by atoms with Crippen LogP contribution in [0.25, 0.3) is 0 Å². The maximum atomic E-state index is 3.06. The van der Waals surface area contributed by atoms with Crippen LogP contribution in [0, 0.1) is 0 Å². The average Bonchev–Trinajstić information content (AvgIpc) is 2.60. The molecule has 0 heterocycles. The van der Waals surface area contributed by atoms with E-state index in [9.17, 15) is 0 Å². The van der Waals surface area contributed by atoms with E-state index in [0.717, 1.165) is 39.3 Å². The zero-order valence-corrected chi connectivity index (χ0v) is 24.4. The van der Waals surface area contributed by atoms with E-state index in [1.165, 1.54) is 0 Å². The fraction of sp³-hybridized carbons (Fsp3) is 0.727. The second kappa shape index (κ2) is 11.5. The summed E-state index contributed by atoms with van der Waals surface area (Å²) in [5, 5.41) is 0. The van der Waals surface area contributed by atoms with Gasteiger partial charge in [-0.15, -0.1) is 0 Å². The Morgan fingerprint density at radius 2 is 1.04 bits per heavy atom. The molecule has 0 amide bonds. The SMILES string of the molecule is CCN(CC)Cc1cccc(CN(CC)CC)[c]1[Ge][N]([Si](C)(C)C)[Si](C)(C)C. The van der Waals surface area contributed by atoms with Gasteiger partial charge in [0.2, 0.25) is 0 Å². The van der Waals surface area contributed by atoms with Crippen molar-refractivity contribution in [3.63, 3.8) is 0 Å². The summed E-state index contributed by atoms with van der Waals surface area (Å²) >= 11 is -0.317. The molecule has 0 bridgehead atoms. The van der Waals surface area contributed by atoms with Crippen LogP contribution in [-0.2, 0) is 13.1 Å². The van der Waals surface area contributed by atoms with Gasteiger partial charge in [-0.3, -0.25) is 0 Å². The second-order valence-corrected chi connectivity index (χ2v) is 24.0. The molecule has 0 aliphatic rings. The molecule has 0 saturated heterocycles. The topological polar surface area (TPSA) is 9.72 Å². The van der Waals surface area contributed by atoms with E-state index in [-0.39, 0.29) is 15.7 Å². The summed E-state index contributed by atoms with van der Waals surface area (Å²) in [7, 11) is -2.68. The predicted octanol–water partition coefficient (Wildman–Crippen LogP) is 4.59. The van der Waals surface area contributed by atoms with E-state index in [0.29, 0.717) is 0 Å². The third-order valence-electron chi connectivity index (χ3n) is 5.38. The average molecular weight is 480 g/mol.